The van der Waals surface area contributed by atoms with Gasteiger partial charge in [-0.15, -0.1) is 0 Å². The largest absolute Gasteiger partial charge is 0.481 e. The van der Waals surface area contributed by atoms with E-state index in [0.29, 0.717) is 0 Å². The van der Waals surface area contributed by atoms with Crippen LogP contribution < -0.4 is 0 Å². The topological polar surface area (TPSA) is 57.6 Å². The van der Waals surface area contributed by atoms with E-state index in [0.717, 1.165) is 19.3 Å². The molecule has 0 aromatic heterocycles. The van der Waals surface area contributed by atoms with Crippen molar-refractivity contribution >= 4 is 11.9 Å². The van der Waals surface area contributed by atoms with Crippen LogP contribution in [0.3, 0.4) is 0 Å². The number of carbonyl (C=O) groups is 2. The van der Waals surface area contributed by atoms with Gasteiger partial charge in [-0.25, -0.2) is 0 Å². The molecule has 2 aliphatic rings. The number of carbonyl (C=O) groups excluding carboxylic acids is 1. The summed E-state index contributed by atoms with van der Waals surface area (Å²) in [5.41, 5.74) is 0. The third kappa shape index (κ3) is 2.72. The zero-order valence-electron chi connectivity index (χ0n) is 13.5. The summed E-state index contributed by atoms with van der Waals surface area (Å²) in [7, 11) is 0. The molecule has 2 rings (SSSR count). The summed E-state index contributed by atoms with van der Waals surface area (Å²) in [4.78, 5) is 26.6. The molecule has 0 aromatic carbocycles. The second kappa shape index (κ2) is 6.20. The van der Waals surface area contributed by atoms with Gasteiger partial charge in [0.2, 0.25) is 5.91 Å². The van der Waals surface area contributed by atoms with E-state index < -0.39 is 11.9 Å². The SMILES string of the molecule is CC[C@H](C)N(C(=O)[C@H]1[C@@H](C(=O)O)[C@H]2C=C[C@@H]1C2)[C@@H](C)CC. The molecule has 0 saturated heterocycles. The van der Waals surface area contributed by atoms with Gasteiger partial charge in [0, 0.05) is 12.1 Å². The van der Waals surface area contributed by atoms with E-state index in [1.165, 1.54) is 0 Å². The van der Waals surface area contributed by atoms with Crippen LogP contribution in [-0.2, 0) is 9.59 Å². The lowest BCUT2D eigenvalue weighted by Gasteiger charge is -2.38. The van der Waals surface area contributed by atoms with Gasteiger partial charge >= 0.3 is 5.97 Å². The molecule has 4 nitrogen and oxygen atoms in total. The number of aliphatic carboxylic acids is 1. The maximum absolute atomic E-state index is 13.1. The number of nitrogens with zero attached hydrogens (tertiary/aromatic N) is 1. The number of hydrogen-bond acceptors (Lipinski definition) is 2. The van der Waals surface area contributed by atoms with Gasteiger partial charge in [-0.05, 0) is 44.9 Å². The second-order valence-electron chi connectivity index (χ2n) is 6.60. The molecule has 0 heterocycles. The summed E-state index contributed by atoms with van der Waals surface area (Å²) in [6.07, 6.45) is 6.65. The Morgan fingerprint density at radius 2 is 1.57 bits per heavy atom. The first kappa shape index (κ1) is 16.1. The van der Waals surface area contributed by atoms with Crippen LogP contribution in [0.5, 0.6) is 0 Å². The summed E-state index contributed by atoms with van der Waals surface area (Å²) >= 11 is 0. The zero-order chi connectivity index (χ0) is 15.7. The van der Waals surface area contributed by atoms with Crippen LogP contribution in [0.2, 0.25) is 0 Å². The number of fused-ring (bicyclic) bond motifs is 2. The summed E-state index contributed by atoms with van der Waals surface area (Å²) in [5.74, 6) is -1.54. The molecule has 21 heavy (non-hydrogen) atoms. The van der Waals surface area contributed by atoms with E-state index in [9.17, 15) is 14.7 Å². The van der Waals surface area contributed by atoms with Crippen molar-refractivity contribution in [2.45, 2.75) is 59.0 Å². The summed E-state index contributed by atoms with van der Waals surface area (Å²) < 4.78 is 0. The maximum atomic E-state index is 13.1. The molecule has 0 unspecified atom stereocenters. The average Bonchev–Trinajstić information content (AvgIpc) is 3.07. The van der Waals surface area contributed by atoms with Gasteiger partial charge in [0.25, 0.3) is 0 Å². The third-order valence-electron chi connectivity index (χ3n) is 5.42. The van der Waals surface area contributed by atoms with Gasteiger partial charge < -0.3 is 10.0 Å². The first-order chi connectivity index (χ1) is 9.92. The van der Waals surface area contributed by atoms with E-state index in [-0.39, 0.29) is 35.7 Å². The molecule has 2 bridgehead atoms. The monoisotopic (exact) mass is 293 g/mol. The Morgan fingerprint density at radius 3 is 2.00 bits per heavy atom. The van der Waals surface area contributed by atoms with Crippen molar-refractivity contribution in [1.29, 1.82) is 0 Å². The third-order valence-corrected chi connectivity index (χ3v) is 5.42. The molecular formula is C17H27NO3. The van der Waals surface area contributed by atoms with Gasteiger partial charge in [-0.1, -0.05) is 26.0 Å². The molecule has 1 amide bonds. The van der Waals surface area contributed by atoms with E-state index in [1.807, 2.05) is 11.0 Å². The Bertz CT molecular complexity index is 435. The Balaban J connectivity index is 2.27. The van der Waals surface area contributed by atoms with Crippen molar-refractivity contribution in [1.82, 2.24) is 4.90 Å². The van der Waals surface area contributed by atoms with Crippen LogP contribution in [0.1, 0.15) is 47.0 Å². The van der Waals surface area contributed by atoms with Crippen molar-refractivity contribution in [2.24, 2.45) is 23.7 Å². The highest BCUT2D eigenvalue weighted by molar-refractivity contribution is 5.87. The number of amides is 1. The van der Waals surface area contributed by atoms with Crippen LogP contribution in [-0.4, -0.2) is 34.0 Å². The van der Waals surface area contributed by atoms with Crippen molar-refractivity contribution in [3.63, 3.8) is 0 Å². The first-order valence-electron chi connectivity index (χ1n) is 8.15. The van der Waals surface area contributed by atoms with Gasteiger partial charge in [0.15, 0.2) is 0 Å². The number of carboxylic acid groups (broad SMARTS) is 1. The minimum absolute atomic E-state index is 0.0390. The van der Waals surface area contributed by atoms with Gasteiger partial charge in [-0.3, -0.25) is 9.59 Å². The molecule has 4 heteroatoms. The van der Waals surface area contributed by atoms with E-state index in [1.54, 1.807) is 0 Å². The fraction of sp³-hybridized carbons (Fsp3) is 0.765. The smallest absolute Gasteiger partial charge is 0.307 e. The molecular weight excluding hydrogens is 266 g/mol. The highest BCUT2D eigenvalue weighted by Crippen LogP contribution is 2.49. The Labute approximate surface area is 127 Å². The van der Waals surface area contributed by atoms with Crippen LogP contribution in [0.4, 0.5) is 0 Å². The van der Waals surface area contributed by atoms with E-state index in [2.05, 4.69) is 33.8 Å². The number of rotatable bonds is 6. The second-order valence-corrected chi connectivity index (χ2v) is 6.60. The van der Waals surface area contributed by atoms with Crippen molar-refractivity contribution in [3.8, 4) is 0 Å². The maximum Gasteiger partial charge on any atom is 0.307 e. The molecule has 1 saturated carbocycles. The fourth-order valence-corrected chi connectivity index (χ4v) is 3.93. The highest BCUT2D eigenvalue weighted by atomic mass is 16.4. The summed E-state index contributed by atoms with van der Waals surface area (Å²) in [5, 5.41) is 9.52. The molecule has 0 aromatic rings. The lowest BCUT2D eigenvalue weighted by molar-refractivity contribution is -0.153. The van der Waals surface area contributed by atoms with Crippen molar-refractivity contribution in [2.75, 3.05) is 0 Å². The predicted octanol–water partition coefficient (Wildman–Crippen LogP) is 2.93. The number of hydrogen-bond donors (Lipinski definition) is 1. The minimum Gasteiger partial charge on any atom is -0.481 e. The summed E-state index contributed by atoms with van der Waals surface area (Å²) in [6, 6.07) is 0.315. The van der Waals surface area contributed by atoms with Gasteiger partial charge in [0.1, 0.15) is 0 Å². The predicted molar refractivity (Wildman–Crippen MR) is 81.7 cm³/mol. The highest BCUT2D eigenvalue weighted by Gasteiger charge is 2.53. The fourth-order valence-electron chi connectivity index (χ4n) is 3.93. The van der Waals surface area contributed by atoms with Gasteiger partial charge in [-0.2, -0.15) is 0 Å². The van der Waals surface area contributed by atoms with Crippen LogP contribution in [0, 0.1) is 23.7 Å². The molecule has 0 spiro atoms. The van der Waals surface area contributed by atoms with Crippen molar-refractivity contribution < 1.29 is 14.7 Å². The van der Waals surface area contributed by atoms with Crippen LogP contribution in [0.15, 0.2) is 12.2 Å². The molecule has 0 aliphatic heterocycles. The van der Waals surface area contributed by atoms with E-state index in [4.69, 9.17) is 0 Å². The number of carboxylic acids is 1. The number of allylic oxidation sites excluding steroid dienone is 2. The van der Waals surface area contributed by atoms with Crippen LogP contribution >= 0.6 is 0 Å². The quantitative estimate of drug-likeness (QED) is 0.766. The lowest BCUT2D eigenvalue weighted by Crippen LogP contribution is -2.50. The Kier molecular flexibility index (Phi) is 4.74. The first-order valence-corrected chi connectivity index (χ1v) is 8.15. The molecule has 1 fully saturated rings. The zero-order valence-corrected chi connectivity index (χ0v) is 13.5. The molecule has 2 aliphatic carbocycles. The minimum atomic E-state index is -0.821. The molecule has 118 valence electrons. The van der Waals surface area contributed by atoms with E-state index >= 15 is 0 Å². The Hall–Kier alpha value is -1.32. The van der Waals surface area contributed by atoms with Crippen molar-refractivity contribution in [3.05, 3.63) is 12.2 Å². The standard InChI is InChI=1S/C17H27NO3/c1-5-10(3)18(11(4)6-2)16(19)14-12-7-8-13(9-12)15(14)17(20)21/h7-8,10-15H,5-6,9H2,1-4H3,(H,20,21)/t10-,11-,12+,13-,14+,15-/m0/s1. The average molecular weight is 293 g/mol. The lowest BCUT2D eigenvalue weighted by atomic mass is 9.81. The van der Waals surface area contributed by atoms with Gasteiger partial charge in [0.05, 0.1) is 11.8 Å². The molecule has 1 N–H and O–H groups in total. The normalized spacial score (nSPS) is 33.0. The Morgan fingerprint density at radius 1 is 1.10 bits per heavy atom. The van der Waals surface area contributed by atoms with Crippen LogP contribution in [0.25, 0.3) is 0 Å². The molecule has 0 radical (unpaired) electrons. The molecule has 6 atom stereocenters. The summed E-state index contributed by atoms with van der Waals surface area (Å²) in [6.45, 7) is 8.26.